The Kier molecular flexibility index (Phi) is 19.7. The van der Waals surface area contributed by atoms with Gasteiger partial charge in [0.15, 0.2) is 0 Å². The summed E-state index contributed by atoms with van der Waals surface area (Å²) >= 11 is 0. The Bertz CT molecular complexity index is 2320. The predicted molar refractivity (Wildman–Crippen MR) is 280 cm³/mol. The highest BCUT2D eigenvalue weighted by molar-refractivity contribution is 5.98. The first-order valence-electron chi connectivity index (χ1n) is 26.8. The van der Waals surface area contributed by atoms with Crippen molar-refractivity contribution in [3.63, 3.8) is 0 Å². The summed E-state index contributed by atoms with van der Waals surface area (Å²) in [4.78, 5) is 112. The van der Waals surface area contributed by atoms with E-state index in [0.29, 0.717) is 62.7 Å². The number of benzene rings is 3. The molecule has 3 aromatic carbocycles. The number of likely N-dealkylation sites (tertiary alicyclic amines) is 2. The number of likely N-dealkylation sites (N-methyl/N-ethyl adjacent to an activating group) is 2. The van der Waals surface area contributed by atoms with Crippen molar-refractivity contribution >= 4 is 47.3 Å². The molecule has 3 aromatic rings. The molecule has 2 aliphatic carbocycles. The SMILES string of the molecule is CN[C@@H](C)C(=O)NC(CCCNC(=O)c1ccc(C(=O)NCCC[C@H](NC(=O)[C@H](C)NC)C(=O)N2CCC[C@H]2C(=O)N[C@@H]2CCCc3ccccc32)cc1)C(=O)N1CCC[C@H]1C(=O)N[C@@H]1CCCc2ccccc21. The molecule has 2 saturated heterocycles. The van der Waals surface area contributed by atoms with Crippen LogP contribution >= 0.6 is 0 Å². The number of amides is 8. The molecule has 0 radical (unpaired) electrons. The molecule has 74 heavy (non-hydrogen) atoms. The summed E-state index contributed by atoms with van der Waals surface area (Å²) in [5, 5.41) is 23.8. The highest BCUT2D eigenvalue weighted by atomic mass is 16.2. The van der Waals surface area contributed by atoms with Crippen LogP contribution in [0.5, 0.6) is 0 Å². The zero-order chi connectivity index (χ0) is 52.7. The van der Waals surface area contributed by atoms with Crippen LogP contribution in [-0.4, -0.2) is 134 Å². The van der Waals surface area contributed by atoms with E-state index in [2.05, 4.69) is 54.7 Å². The Morgan fingerprint density at radius 2 is 0.919 bits per heavy atom. The second kappa shape index (κ2) is 26.5. The number of fused-ring (bicyclic) bond motifs is 2. The van der Waals surface area contributed by atoms with E-state index in [1.165, 1.54) is 11.1 Å². The van der Waals surface area contributed by atoms with Crippen LogP contribution in [0.4, 0.5) is 0 Å². The molecule has 398 valence electrons. The normalized spacial score (nSPS) is 20.6. The molecule has 2 heterocycles. The molecule has 2 aliphatic heterocycles. The highest BCUT2D eigenvalue weighted by Crippen LogP contribution is 2.32. The van der Waals surface area contributed by atoms with Gasteiger partial charge < -0.3 is 52.3 Å². The van der Waals surface area contributed by atoms with Crippen LogP contribution < -0.4 is 42.5 Å². The number of rotatable bonds is 22. The van der Waals surface area contributed by atoms with Crippen molar-refractivity contribution in [1.29, 1.82) is 0 Å². The molecule has 0 spiro atoms. The maximum absolute atomic E-state index is 14.2. The number of nitrogens with one attached hydrogen (secondary N) is 8. The van der Waals surface area contributed by atoms with Gasteiger partial charge in [-0.3, -0.25) is 38.4 Å². The summed E-state index contributed by atoms with van der Waals surface area (Å²) in [5.74, 6) is -2.52. The number of aryl methyl sites for hydroxylation is 2. The van der Waals surface area contributed by atoms with Crippen molar-refractivity contribution in [2.24, 2.45) is 0 Å². The molecule has 1 unspecified atom stereocenters. The lowest BCUT2D eigenvalue weighted by Crippen LogP contribution is -2.55. The van der Waals surface area contributed by atoms with E-state index in [0.717, 1.165) is 49.7 Å². The van der Waals surface area contributed by atoms with Gasteiger partial charge in [0.05, 0.1) is 24.2 Å². The summed E-state index contributed by atoms with van der Waals surface area (Å²) in [5.41, 5.74) is 5.32. The van der Waals surface area contributed by atoms with E-state index in [1.807, 2.05) is 36.4 Å². The Balaban J connectivity index is 0.879. The minimum absolute atomic E-state index is 0.124. The Labute approximate surface area is 435 Å². The fourth-order valence-electron chi connectivity index (χ4n) is 10.7. The zero-order valence-corrected chi connectivity index (χ0v) is 43.4. The molecule has 18 nitrogen and oxygen atoms in total. The van der Waals surface area contributed by atoms with E-state index < -0.39 is 36.3 Å². The van der Waals surface area contributed by atoms with E-state index >= 15 is 0 Å². The molecule has 0 bridgehead atoms. The van der Waals surface area contributed by atoms with Gasteiger partial charge in [0.1, 0.15) is 24.2 Å². The second-order valence-corrected chi connectivity index (χ2v) is 20.2. The molecular weight excluding hydrogens is 941 g/mol. The van der Waals surface area contributed by atoms with Gasteiger partial charge in [-0.1, -0.05) is 48.5 Å². The molecule has 0 aromatic heterocycles. The van der Waals surface area contributed by atoms with E-state index in [9.17, 15) is 38.4 Å². The number of carbonyl (C=O) groups is 8. The lowest BCUT2D eigenvalue weighted by atomic mass is 9.87. The fourth-order valence-corrected chi connectivity index (χ4v) is 10.7. The van der Waals surface area contributed by atoms with Gasteiger partial charge in [0.25, 0.3) is 11.8 Å². The van der Waals surface area contributed by atoms with Crippen LogP contribution in [0.2, 0.25) is 0 Å². The van der Waals surface area contributed by atoms with Crippen molar-refractivity contribution in [3.8, 4) is 0 Å². The van der Waals surface area contributed by atoms with E-state index in [4.69, 9.17) is 0 Å². The zero-order valence-electron chi connectivity index (χ0n) is 43.4. The molecule has 8 atom stereocenters. The first kappa shape index (κ1) is 55.1. The number of carbonyl (C=O) groups excluding carboxylic acids is 8. The van der Waals surface area contributed by atoms with Crippen LogP contribution in [-0.2, 0) is 41.6 Å². The second-order valence-electron chi connectivity index (χ2n) is 20.2. The summed E-state index contributed by atoms with van der Waals surface area (Å²) < 4.78 is 0. The Morgan fingerprint density at radius 3 is 1.31 bits per heavy atom. The number of nitrogens with zero attached hydrogens (tertiary/aromatic N) is 2. The van der Waals surface area contributed by atoms with Gasteiger partial charge in [-0.25, -0.2) is 0 Å². The molecular formula is C56H76N10O8. The number of hydrogen-bond donors (Lipinski definition) is 8. The van der Waals surface area contributed by atoms with Crippen molar-refractivity contribution in [2.45, 2.75) is 152 Å². The minimum atomic E-state index is -0.912. The first-order chi connectivity index (χ1) is 35.8. The smallest absolute Gasteiger partial charge is 0.251 e. The fraction of sp³-hybridized carbons (Fsp3) is 0.536. The largest absolute Gasteiger partial charge is 0.352 e. The van der Waals surface area contributed by atoms with Gasteiger partial charge >= 0.3 is 0 Å². The molecule has 4 aliphatic rings. The van der Waals surface area contributed by atoms with Crippen LogP contribution in [0.25, 0.3) is 0 Å². The van der Waals surface area contributed by atoms with Gasteiger partial charge in [-0.2, -0.15) is 0 Å². The predicted octanol–water partition coefficient (Wildman–Crippen LogP) is 3.26. The van der Waals surface area contributed by atoms with Gasteiger partial charge in [-0.15, -0.1) is 0 Å². The quantitative estimate of drug-likeness (QED) is 0.0684. The van der Waals surface area contributed by atoms with Crippen molar-refractivity contribution < 1.29 is 38.4 Å². The first-order valence-corrected chi connectivity index (χ1v) is 26.8. The average Bonchev–Trinajstić information content (AvgIpc) is 4.13. The number of hydrogen-bond acceptors (Lipinski definition) is 10. The third-order valence-electron chi connectivity index (χ3n) is 15.3. The molecule has 0 saturated carbocycles. The highest BCUT2D eigenvalue weighted by Gasteiger charge is 2.41. The third-order valence-corrected chi connectivity index (χ3v) is 15.3. The van der Waals surface area contributed by atoms with Gasteiger partial charge in [-0.05, 0) is 164 Å². The summed E-state index contributed by atoms with van der Waals surface area (Å²) in [7, 11) is 3.31. The maximum Gasteiger partial charge on any atom is 0.251 e. The molecule has 2 fully saturated rings. The molecule has 18 heteroatoms. The standard InChI is InChI=1S/C56H76N10O8/c1-35(57-3)49(67)63-45(55(73)65-33-13-25-47(65)53(71)61-43-21-9-17-37-15-5-7-19-41(37)43)23-11-31-59-51(69)39-27-29-40(30-28-39)52(70)60-32-12-24-46(64-50(68)36(2)58-4)56(74)66-34-14-26-48(66)54(72)62-44-22-10-18-38-16-6-8-20-42(38)44/h5-8,15-16,19-20,27-30,35-36,43-48,57-58H,9-14,17-18,21-26,31-34H2,1-4H3,(H,59,69)(H,60,70)(H,61,71)(H,62,72)(H,63,67)(H,64,68)/t35-,36-,43+,44+,45-,46?,47-,48-/m0/s1. The summed E-state index contributed by atoms with van der Waals surface area (Å²) in [6.45, 7) is 4.58. The van der Waals surface area contributed by atoms with Crippen LogP contribution in [0.3, 0.4) is 0 Å². The summed E-state index contributed by atoms with van der Waals surface area (Å²) in [6.07, 6.45) is 9.04. The van der Waals surface area contributed by atoms with Gasteiger partial charge in [0, 0.05) is 37.3 Å². The minimum Gasteiger partial charge on any atom is -0.352 e. The molecule has 8 amide bonds. The van der Waals surface area contributed by atoms with Crippen molar-refractivity contribution in [3.05, 3.63) is 106 Å². The Morgan fingerprint density at radius 1 is 0.527 bits per heavy atom. The monoisotopic (exact) mass is 1020 g/mol. The lowest BCUT2D eigenvalue weighted by molar-refractivity contribution is -0.142. The van der Waals surface area contributed by atoms with Crippen LogP contribution in [0.15, 0.2) is 72.8 Å². The lowest BCUT2D eigenvalue weighted by Gasteiger charge is -2.32. The van der Waals surface area contributed by atoms with Crippen molar-refractivity contribution in [2.75, 3.05) is 40.3 Å². The van der Waals surface area contributed by atoms with Crippen LogP contribution in [0.1, 0.15) is 146 Å². The van der Waals surface area contributed by atoms with Crippen LogP contribution in [0, 0.1) is 0 Å². The topological polar surface area (TPSA) is 239 Å². The van der Waals surface area contributed by atoms with E-state index in [-0.39, 0.29) is 85.3 Å². The Hall–Kier alpha value is -6.66. The average molecular weight is 1020 g/mol. The summed E-state index contributed by atoms with van der Waals surface area (Å²) in [6, 6.07) is 17.9. The van der Waals surface area contributed by atoms with Crippen molar-refractivity contribution in [1.82, 2.24) is 52.3 Å². The molecule has 8 N–H and O–H groups in total. The van der Waals surface area contributed by atoms with E-state index in [1.54, 1.807) is 62.0 Å². The van der Waals surface area contributed by atoms with Gasteiger partial charge in [0.2, 0.25) is 35.4 Å². The maximum atomic E-state index is 14.2. The third kappa shape index (κ3) is 13.9. The molecule has 7 rings (SSSR count).